The molecule has 0 N–H and O–H groups in total. The summed E-state index contributed by atoms with van der Waals surface area (Å²) in [5, 5.41) is 0. The summed E-state index contributed by atoms with van der Waals surface area (Å²) in [7, 11) is 0. The van der Waals surface area contributed by atoms with Gasteiger partial charge in [-0.25, -0.2) is 0 Å². The van der Waals surface area contributed by atoms with E-state index < -0.39 is 0 Å². The molecule has 0 fully saturated rings. The third-order valence-corrected chi connectivity index (χ3v) is 2.88. The zero-order chi connectivity index (χ0) is 11.1. The van der Waals surface area contributed by atoms with E-state index in [2.05, 4.69) is 40.7 Å². The minimum absolute atomic E-state index is 0.381. The molecule has 2 unspecified atom stereocenters. The number of hydrogen-bond acceptors (Lipinski definition) is 1. The molecule has 0 aromatic heterocycles. The molecule has 14 heavy (non-hydrogen) atoms. The summed E-state index contributed by atoms with van der Waals surface area (Å²) >= 11 is 0. The van der Waals surface area contributed by atoms with Gasteiger partial charge in [0.2, 0.25) is 0 Å². The standard InChI is InChI=1S/C13H24O/c1-6-7-11(4)8-13(9-14)12(5)10(2)3/h8-12H,6-7H2,1-5H3/b13-8+. The van der Waals surface area contributed by atoms with Crippen LogP contribution in [0.2, 0.25) is 0 Å². The van der Waals surface area contributed by atoms with E-state index in [0.29, 0.717) is 17.8 Å². The molecule has 0 bridgehead atoms. The zero-order valence-electron chi connectivity index (χ0n) is 10.2. The van der Waals surface area contributed by atoms with Crippen molar-refractivity contribution in [2.45, 2.75) is 47.5 Å². The Kier molecular flexibility index (Phi) is 6.52. The Hall–Kier alpha value is -0.590. The Morgan fingerprint density at radius 3 is 2.14 bits per heavy atom. The largest absolute Gasteiger partial charge is 0.298 e. The van der Waals surface area contributed by atoms with Gasteiger partial charge >= 0.3 is 0 Å². The molecule has 0 spiro atoms. The lowest BCUT2D eigenvalue weighted by atomic mass is 9.88. The Balaban J connectivity index is 4.45. The fourth-order valence-electron chi connectivity index (χ4n) is 1.55. The third kappa shape index (κ3) is 4.59. The highest BCUT2D eigenvalue weighted by Crippen LogP contribution is 2.20. The monoisotopic (exact) mass is 196 g/mol. The van der Waals surface area contributed by atoms with Crippen LogP contribution in [0.25, 0.3) is 0 Å². The van der Waals surface area contributed by atoms with E-state index in [-0.39, 0.29) is 0 Å². The van der Waals surface area contributed by atoms with E-state index in [1.54, 1.807) is 0 Å². The highest BCUT2D eigenvalue weighted by Gasteiger charge is 2.12. The van der Waals surface area contributed by atoms with Crippen LogP contribution in [0.3, 0.4) is 0 Å². The molecule has 0 saturated carbocycles. The molecule has 0 aromatic rings. The van der Waals surface area contributed by atoms with E-state index in [1.807, 2.05) is 0 Å². The van der Waals surface area contributed by atoms with Crippen LogP contribution in [0.5, 0.6) is 0 Å². The van der Waals surface area contributed by atoms with Crippen LogP contribution >= 0.6 is 0 Å². The molecule has 0 aromatic carbocycles. The fraction of sp³-hybridized carbons (Fsp3) is 0.769. The minimum atomic E-state index is 0.381. The summed E-state index contributed by atoms with van der Waals surface area (Å²) in [5.41, 5.74) is 0.973. The van der Waals surface area contributed by atoms with Crippen LogP contribution in [-0.2, 0) is 4.79 Å². The Morgan fingerprint density at radius 1 is 1.21 bits per heavy atom. The molecule has 0 aliphatic carbocycles. The van der Waals surface area contributed by atoms with Gasteiger partial charge in [0.15, 0.2) is 0 Å². The van der Waals surface area contributed by atoms with Crippen molar-refractivity contribution >= 4 is 6.29 Å². The first-order valence-corrected chi connectivity index (χ1v) is 5.69. The number of carbonyl (C=O) groups is 1. The van der Waals surface area contributed by atoms with E-state index in [4.69, 9.17) is 0 Å². The molecule has 82 valence electrons. The van der Waals surface area contributed by atoms with Crippen molar-refractivity contribution in [2.75, 3.05) is 0 Å². The Labute approximate surface area is 88.6 Å². The number of aldehydes is 1. The van der Waals surface area contributed by atoms with Crippen molar-refractivity contribution in [3.63, 3.8) is 0 Å². The van der Waals surface area contributed by atoms with Crippen molar-refractivity contribution in [3.05, 3.63) is 11.6 Å². The van der Waals surface area contributed by atoms with Crippen molar-refractivity contribution < 1.29 is 4.79 Å². The predicted molar refractivity (Wildman–Crippen MR) is 62.2 cm³/mol. The second-order valence-electron chi connectivity index (χ2n) is 4.58. The molecule has 0 radical (unpaired) electrons. The molecule has 0 rings (SSSR count). The van der Waals surface area contributed by atoms with Gasteiger partial charge in [0.1, 0.15) is 6.29 Å². The summed E-state index contributed by atoms with van der Waals surface area (Å²) in [4.78, 5) is 10.9. The number of allylic oxidation sites excluding steroid dienone is 2. The Bertz CT molecular complexity index is 191. The summed E-state index contributed by atoms with van der Waals surface area (Å²) in [6.45, 7) is 10.8. The van der Waals surface area contributed by atoms with Gasteiger partial charge in [0.25, 0.3) is 0 Å². The molecule has 0 saturated heterocycles. The molecule has 0 aliphatic rings. The second-order valence-corrected chi connectivity index (χ2v) is 4.58. The topological polar surface area (TPSA) is 17.1 Å². The summed E-state index contributed by atoms with van der Waals surface area (Å²) < 4.78 is 0. The van der Waals surface area contributed by atoms with Gasteiger partial charge in [-0.1, -0.05) is 47.1 Å². The molecule has 0 amide bonds. The van der Waals surface area contributed by atoms with Crippen LogP contribution in [0.1, 0.15) is 47.5 Å². The van der Waals surface area contributed by atoms with E-state index in [9.17, 15) is 4.79 Å². The van der Waals surface area contributed by atoms with Gasteiger partial charge in [-0.05, 0) is 29.7 Å². The first-order valence-electron chi connectivity index (χ1n) is 5.69. The van der Waals surface area contributed by atoms with Crippen molar-refractivity contribution in [1.29, 1.82) is 0 Å². The number of carbonyl (C=O) groups excluding carboxylic acids is 1. The van der Waals surface area contributed by atoms with Crippen molar-refractivity contribution in [3.8, 4) is 0 Å². The highest BCUT2D eigenvalue weighted by atomic mass is 16.1. The van der Waals surface area contributed by atoms with Crippen molar-refractivity contribution in [1.82, 2.24) is 0 Å². The average Bonchev–Trinajstić information content (AvgIpc) is 2.13. The van der Waals surface area contributed by atoms with Gasteiger partial charge < -0.3 is 0 Å². The Morgan fingerprint density at radius 2 is 1.79 bits per heavy atom. The van der Waals surface area contributed by atoms with Gasteiger partial charge in [-0.2, -0.15) is 0 Å². The normalized spacial score (nSPS) is 16.9. The van der Waals surface area contributed by atoms with Crippen LogP contribution < -0.4 is 0 Å². The highest BCUT2D eigenvalue weighted by molar-refractivity contribution is 5.73. The van der Waals surface area contributed by atoms with Crippen LogP contribution in [0, 0.1) is 17.8 Å². The van der Waals surface area contributed by atoms with Crippen LogP contribution in [-0.4, -0.2) is 6.29 Å². The molecular weight excluding hydrogens is 172 g/mol. The lowest BCUT2D eigenvalue weighted by Crippen LogP contribution is -2.09. The van der Waals surface area contributed by atoms with Gasteiger partial charge in [0, 0.05) is 0 Å². The molecule has 1 nitrogen and oxygen atoms in total. The lowest BCUT2D eigenvalue weighted by Gasteiger charge is -2.16. The first-order chi connectivity index (χ1) is 6.52. The first kappa shape index (κ1) is 13.4. The molecule has 0 heterocycles. The fourth-order valence-corrected chi connectivity index (χ4v) is 1.55. The molecule has 0 aliphatic heterocycles. The number of hydrogen-bond donors (Lipinski definition) is 0. The van der Waals surface area contributed by atoms with Crippen LogP contribution in [0.15, 0.2) is 11.6 Å². The second kappa shape index (κ2) is 6.80. The van der Waals surface area contributed by atoms with Crippen LogP contribution in [0.4, 0.5) is 0 Å². The van der Waals surface area contributed by atoms with E-state index in [0.717, 1.165) is 11.9 Å². The minimum Gasteiger partial charge on any atom is -0.298 e. The molecule has 1 heteroatoms. The van der Waals surface area contributed by atoms with Gasteiger partial charge in [-0.3, -0.25) is 4.79 Å². The predicted octanol–water partition coefficient (Wildman–Crippen LogP) is 3.84. The number of rotatable bonds is 6. The van der Waals surface area contributed by atoms with Gasteiger partial charge in [-0.15, -0.1) is 0 Å². The quantitative estimate of drug-likeness (QED) is 0.466. The average molecular weight is 196 g/mol. The zero-order valence-corrected chi connectivity index (χ0v) is 10.2. The SMILES string of the molecule is CCCC(C)/C=C(\C=O)C(C)C(C)C. The summed E-state index contributed by atoms with van der Waals surface area (Å²) in [6.07, 6.45) is 5.51. The summed E-state index contributed by atoms with van der Waals surface area (Å²) in [6, 6.07) is 0. The maximum atomic E-state index is 10.9. The lowest BCUT2D eigenvalue weighted by molar-refractivity contribution is -0.105. The molecule has 2 atom stereocenters. The maximum absolute atomic E-state index is 10.9. The summed E-state index contributed by atoms with van der Waals surface area (Å²) in [5.74, 6) is 1.45. The van der Waals surface area contributed by atoms with Crippen molar-refractivity contribution in [2.24, 2.45) is 17.8 Å². The van der Waals surface area contributed by atoms with Gasteiger partial charge in [0.05, 0.1) is 0 Å². The third-order valence-electron chi connectivity index (χ3n) is 2.88. The maximum Gasteiger partial charge on any atom is 0.145 e. The van der Waals surface area contributed by atoms with E-state index in [1.165, 1.54) is 12.8 Å². The van der Waals surface area contributed by atoms with E-state index >= 15 is 0 Å². The smallest absolute Gasteiger partial charge is 0.145 e. The molecular formula is C13H24O.